The van der Waals surface area contributed by atoms with Crippen molar-refractivity contribution >= 4 is 23.5 Å². The molecule has 148 valence electrons. The van der Waals surface area contributed by atoms with E-state index in [9.17, 15) is 4.79 Å². The SMILES string of the molecule is O=C(NCc1ccccc1Cl)C1CCCN(c2ncc(-c3ccccc3)cn2)C1. The normalized spacial score (nSPS) is 16.4. The first kappa shape index (κ1) is 19.4. The third-order valence-electron chi connectivity index (χ3n) is 5.23. The lowest BCUT2D eigenvalue weighted by molar-refractivity contribution is -0.125. The van der Waals surface area contributed by atoms with Crippen molar-refractivity contribution in [3.05, 3.63) is 77.6 Å². The lowest BCUT2D eigenvalue weighted by Gasteiger charge is -2.32. The molecule has 1 unspecified atom stereocenters. The van der Waals surface area contributed by atoms with Gasteiger partial charge < -0.3 is 10.2 Å². The van der Waals surface area contributed by atoms with Crippen LogP contribution in [0.1, 0.15) is 18.4 Å². The van der Waals surface area contributed by atoms with E-state index in [2.05, 4.69) is 20.2 Å². The van der Waals surface area contributed by atoms with Crippen molar-refractivity contribution in [2.75, 3.05) is 18.0 Å². The van der Waals surface area contributed by atoms with Gasteiger partial charge in [-0.1, -0.05) is 60.1 Å². The molecular formula is C23H23ClN4O. The highest BCUT2D eigenvalue weighted by Crippen LogP contribution is 2.23. The number of anilines is 1. The summed E-state index contributed by atoms with van der Waals surface area (Å²) >= 11 is 6.18. The molecule has 0 radical (unpaired) electrons. The predicted octanol–water partition coefficient (Wildman–Crippen LogP) is 4.33. The molecule has 1 aromatic heterocycles. The number of piperidine rings is 1. The van der Waals surface area contributed by atoms with Crippen LogP contribution in [0.15, 0.2) is 67.0 Å². The summed E-state index contributed by atoms with van der Waals surface area (Å²) in [6, 6.07) is 17.6. The van der Waals surface area contributed by atoms with Crippen molar-refractivity contribution in [1.29, 1.82) is 0 Å². The maximum atomic E-state index is 12.7. The van der Waals surface area contributed by atoms with Gasteiger partial charge in [-0.15, -0.1) is 0 Å². The van der Waals surface area contributed by atoms with Gasteiger partial charge in [-0.05, 0) is 30.0 Å². The molecular weight excluding hydrogens is 384 g/mol. The second-order valence-corrected chi connectivity index (χ2v) is 7.64. The van der Waals surface area contributed by atoms with Gasteiger partial charge in [0.25, 0.3) is 0 Å². The fourth-order valence-corrected chi connectivity index (χ4v) is 3.81. The summed E-state index contributed by atoms with van der Waals surface area (Å²) in [5.41, 5.74) is 3.00. The Morgan fingerprint density at radius 1 is 1.03 bits per heavy atom. The van der Waals surface area contributed by atoms with Gasteiger partial charge in [0.05, 0.1) is 5.92 Å². The molecule has 0 saturated carbocycles. The number of halogens is 1. The van der Waals surface area contributed by atoms with E-state index in [-0.39, 0.29) is 11.8 Å². The van der Waals surface area contributed by atoms with Crippen LogP contribution in [0, 0.1) is 5.92 Å². The summed E-state index contributed by atoms with van der Waals surface area (Å²) in [6.45, 7) is 1.93. The summed E-state index contributed by atoms with van der Waals surface area (Å²) in [5.74, 6) is 0.646. The minimum atomic E-state index is -0.0800. The van der Waals surface area contributed by atoms with Crippen molar-refractivity contribution in [2.24, 2.45) is 5.92 Å². The number of rotatable bonds is 5. The van der Waals surface area contributed by atoms with Crippen molar-refractivity contribution in [1.82, 2.24) is 15.3 Å². The van der Waals surface area contributed by atoms with Crippen LogP contribution >= 0.6 is 11.6 Å². The predicted molar refractivity (Wildman–Crippen MR) is 116 cm³/mol. The Morgan fingerprint density at radius 2 is 1.76 bits per heavy atom. The molecule has 1 N–H and O–H groups in total. The maximum Gasteiger partial charge on any atom is 0.225 e. The number of aromatic nitrogens is 2. The first-order chi connectivity index (χ1) is 14.2. The Balaban J connectivity index is 1.38. The summed E-state index contributed by atoms with van der Waals surface area (Å²) in [5, 5.41) is 3.69. The topological polar surface area (TPSA) is 58.1 Å². The summed E-state index contributed by atoms with van der Waals surface area (Å²) in [7, 11) is 0. The van der Waals surface area contributed by atoms with Gasteiger partial charge in [-0.25, -0.2) is 9.97 Å². The van der Waals surface area contributed by atoms with Gasteiger partial charge in [0.1, 0.15) is 0 Å². The number of nitrogens with one attached hydrogen (secondary N) is 1. The largest absolute Gasteiger partial charge is 0.352 e. The van der Waals surface area contributed by atoms with Crippen LogP contribution in [0.5, 0.6) is 0 Å². The molecule has 3 aromatic rings. The molecule has 0 bridgehead atoms. The summed E-state index contributed by atoms with van der Waals surface area (Å²) in [6.07, 6.45) is 5.50. The quantitative estimate of drug-likeness (QED) is 0.685. The average Bonchev–Trinajstić information content (AvgIpc) is 2.79. The minimum absolute atomic E-state index is 0.0514. The molecule has 1 atom stereocenters. The number of amides is 1. The second kappa shape index (κ2) is 9.05. The second-order valence-electron chi connectivity index (χ2n) is 7.23. The van der Waals surface area contributed by atoms with E-state index in [1.54, 1.807) is 0 Å². The van der Waals surface area contributed by atoms with Crippen LogP contribution in [0.25, 0.3) is 11.1 Å². The zero-order valence-electron chi connectivity index (χ0n) is 16.1. The smallest absolute Gasteiger partial charge is 0.225 e. The zero-order valence-corrected chi connectivity index (χ0v) is 16.8. The number of nitrogens with zero attached hydrogens (tertiary/aromatic N) is 3. The number of hydrogen-bond donors (Lipinski definition) is 1. The van der Waals surface area contributed by atoms with Crippen molar-refractivity contribution in [3.8, 4) is 11.1 Å². The molecule has 0 aliphatic carbocycles. The molecule has 1 fully saturated rings. The van der Waals surface area contributed by atoms with Gasteiger partial charge in [0.2, 0.25) is 11.9 Å². The van der Waals surface area contributed by atoms with E-state index in [1.807, 2.05) is 67.0 Å². The monoisotopic (exact) mass is 406 g/mol. The van der Waals surface area contributed by atoms with Crippen LogP contribution in [-0.2, 0) is 11.3 Å². The average molecular weight is 407 g/mol. The fraction of sp³-hybridized carbons (Fsp3) is 0.261. The number of benzene rings is 2. The summed E-state index contributed by atoms with van der Waals surface area (Å²) < 4.78 is 0. The molecule has 6 heteroatoms. The van der Waals surface area contributed by atoms with E-state index in [1.165, 1.54) is 0 Å². The number of carbonyl (C=O) groups is 1. The third-order valence-corrected chi connectivity index (χ3v) is 5.60. The Morgan fingerprint density at radius 3 is 2.52 bits per heavy atom. The number of hydrogen-bond acceptors (Lipinski definition) is 4. The highest BCUT2D eigenvalue weighted by atomic mass is 35.5. The lowest BCUT2D eigenvalue weighted by Crippen LogP contribution is -2.43. The first-order valence-corrected chi connectivity index (χ1v) is 10.2. The van der Waals surface area contributed by atoms with Crippen LogP contribution < -0.4 is 10.2 Å². The highest BCUT2D eigenvalue weighted by Gasteiger charge is 2.27. The van der Waals surface area contributed by atoms with E-state index in [0.29, 0.717) is 24.1 Å². The van der Waals surface area contributed by atoms with E-state index >= 15 is 0 Å². The van der Waals surface area contributed by atoms with Gasteiger partial charge in [0.15, 0.2) is 0 Å². The molecule has 29 heavy (non-hydrogen) atoms. The molecule has 1 aliphatic heterocycles. The van der Waals surface area contributed by atoms with Crippen LogP contribution in [0.3, 0.4) is 0 Å². The van der Waals surface area contributed by atoms with E-state index in [0.717, 1.165) is 36.1 Å². The van der Waals surface area contributed by atoms with E-state index < -0.39 is 0 Å². The van der Waals surface area contributed by atoms with Crippen LogP contribution in [0.2, 0.25) is 5.02 Å². The molecule has 1 amide bonds. The van der Waals surface area contributed by atoms with Gasteiger partial charge in [-0.3, -0.25) is 4.79 Å². The van der Waals surface area contributed by atoms with Gasteiger partial charge >= 0.3 is 0 Å². The Kier molecular flexibility index (Phi) is 6.06. The Labute approximate surface area is 175 Å². The van der Waals surface area contributed by atoms with Crippen molar-refractivity contribution in [2.45, 2.75) is 19.4 Å². The van der Waals surface area contributed by atoms with Gasteiger partial charge in [-0.2, -0.15) is 0 Å². The third kappa shape index (κ3) is 4.74. The summed E-state index contributed by atoms with van der Waals surface area (Å²) in [4.78, 5) is 23.9. The minimum Gasteiger partial charge on any atom is -0.352 e. The molecule has 2 heterocycles. The lowest BCUT2D eigenvalue weighted by atomic mass is 9.97. The van der Waals surface area contributed by atoms with Crippen molar-refractivity contribution < 1.29 is 4.79 Å². The van der Waals surface area contributed by atoms with Crippen LogP contribution in [-0.4, -0.2) is 29.0 Å². The zero-order chi connectivity index (χ0) is 20.1. The molecule has 4 rings (SSSR count). The maximum absolute atomic E-state index is 12.7. The van der Waals surface area contributed by atoms with Crippen molar-refractivity contribution in [3.63, 3.8) is 0 Å². The first-order valence-electron chi connectivity index (χ1n) is 9.84. The molecule has 0 spiro atoms. The number of carbonyl (C=O) groups excluding carboxylic acids is 1. The molecule has 2 aromatic carbocycles. The Bertz CT molecular complexity index is 962. The Hall–Kier alpha value is -2.92. The highest BCUT2D eigenvalue weighted by molar-refractivity contribution is 6.31. The standard InChI is InChI=1S/C23H23ClN4O/c24-21-11-5-4-9-18(21)13-25-22(29)19-10-6-12-28(16-19)23-26-14-20(15-27-23)17-7-2-1-3-8-17/h1-5,7-9,11,14-15,19H,6,10,12-13,16H2,(H,25,29). The molecule has 1 aliphatic rings. The molecule has 5 nitrogen and oxygen atoms in total. The van der Waals surface area contributed by atoms with Gasteiger partial charge in [0, 0.05) is 42.6 Å². The van der Waals surface area contributed by atoms with Crippen LogP contribution in [0.4, 0.5) is 5.95 Å². The van der Waals surface area contributed by atoms with E-state index in [4.69, 9.17) is 11.6 Å². The molecule has 1 saturated heterocycles. The fourth-order valence-electron chi connectivity index (χ4n) is 3.61.